The summed E-state index contributed by atoms with van der Waals surface area (Å²) in [7, 11) is -3.87. The number of ether oxygens (including phenoxy) is 2. The molecule has 2 aromatic carbocycles. The second kappa shape index (κ2) is 11.6. The number of carbonyl (C=O) groups excluding carboxylic acids is 4. The van der Waals surface area contributed by atoms with E-state index in [2.05, 4.69) is 5.32 Å². The quantitative estimate of drug-likeness (QED) is 0.404. The Kier molecular flexibility index (Phi) is 8.30. The molecule has 1 N–H and O–H groups in total. The number of hydrogen-bond acceptors (Lipinski definition) is 9. The van der Waals surface area contributed by atoms with Crippen molar-refractivity contribution in [3.8, 4) is 17.0 Å². The molecule has 3 amide bonds. The second-order valence-corrected chi connectivity index (χ2v) is 14.9. The van der Waals surface area contributed by atoms with Gasteiger partial charge < -0.3 is 28.8 Å². The van der Waals surface area contributed by atoms with Gasteiger partial charge in [-0.25, -0.2) is 14.2 Å². The zero-order valence-electron chi connectivity index (χ0n) is 26.9. The van der Waals surface area contributed by atoms with Crippen LogP contribution in [-0.2, 0) is 26.1 Å². The number of nitrogens with zero attached hydrogens (tertiary/aromatic N) is 3. The van der Waals surface area contributed by atoms with Crippen LogP contribution >= 0.6 is 0 Å². The van der Waals surface area contributed by atoms with E-state index in [4.69, 9.17) is 13.7 Å². The van der Waals surface area contributed by atoms with Gasteiger partial charge in [-0.2, -0.15) is 8.42 Å². The first kappa shape index (κ1) is 32.8. The lowest BCUT2D eigenvalue weighted by molar-refractivity contribution is 0.0140. The molecule has 46 heavy (non-hydrogen) atoms. The Hall–Kier alpha value is -4.59. The third-order valence-corrected chi connectivity index (χ3v) is 7.77. The van der Waals surface area contributed by atoms with Gasteiger partial charge in [-0.3, -0.25) is 9.59 Å². The van der Waals surface area contributed by atoms with Crippen LogP contribution in [0.2, 0.25) is 0 Å². The average molecular weight is 655 g/mol. The van der Waals surface area contributed by atoms with E-state index < -0.39 is 39.4 Å². The fraction of sp³-hybridized carbons (Fsp3) is 0.438. The minimum absolute atomic E-state index is 0.0131. The maximum Gasteiger partial charge on any atom is 0.419 e. The number of fused-ring (bicyclic) bond motifs is 2. The van der Waals surface area contributed by atoms with E-state index in [0.717, 1.165) is 6.26 Å². The second-order valence-electron chi connectivity index (χ2n) is 13.3. The molecule has 0 bridgehead atoms. The van der Waals surface area contributed by atoms with Crippen LogP contribution in [0.4, 0.5) is 9.59 Å². The lowest BCUT2D eigenvalue weighted by atomic mass is 9.99. The molecule has 1 saturated heterocycles. The number of rotatable bonds is 4. The highest BCUT2D eigenvalue weighted by Crippen LogP contribution is 2.38. The first-order chi connectivity index (χ1) is 21.3. The van der Waals surface area contributed by atoms with Crippen LogP contribution in [-0.4, -0.2) is 90.4 Å². The number of piperazine rings is 1. The summed E-state index contributed by atoms with van der Waals surface area (Å²) in [5.41, 5.74) is 0.560. The van der Waals surface area contributed by atoms with Crippen molar-refractivity contribution < 1.29 is 41.3 Å². The van der Waals surface area contributed by atoms with Crippen LogP contribution in [0.1, 0.15) is 67.8 Å². The number of hydrogen-bond donors (Lipinski definition) is 1. The van der Waals surface area contributed by atoms with Crippen molar-refractivity contribution in [2.45, 2.75) is 59.3 Å². The highest BCUT2D eigenvalue weighted by molar-refractivity contribution is 7.86. The first-order valence-electron chi connectivity index (χ1n) is 14.8. The molecule has 1 fully saturated rings. The molecule has 0 atom stereocenters. The van der Waals surface area contributed by atoms with E-state index in [1.54, 1.807) is 75.6 Å². The van der Waals surface area contributed by atoms with Crippen LogP contribution in [0.15, 0.2) is 36.4 Å². The van der Waals surface area contributed by atoms with Gasteiger partial charge in [0.1, 0.15) is 17.0 Å². The van der Waals surface area contributed by atoms with E-state index in [-0.39, 0.29) is 23.8 Å². The SMILES string of the molecule is CC(C)(C)OC(=O)N1CCN(C(=O)c2ccc3c(c2)cc(-c2ccc(OS(C)(=O)=O)c4c2C(=O)NC4)n3C(=O)OC(C)(C)C)CC1. The summed E-state index contributed by atoms with van der Waals surface area (Å²) in [5.74, 6) is -0.676. The van der Waals surface area contributed by atoms with Gasteiger partial charge in [0.05, 0.1) is 23.0 Å². The van der Waals surface area contributed by atoms with Crippen LogP contribution < -0.4 is 9.50 Å². The summed E-state index contributed by atoms with van der Waals surface area (Å²) in [6.07, 6.45) is -0.205. The molecular formula is C32H38N4O9S. The Morgan fingerprint density at radius 3 is 2.04 bits per heavy atom. The summed E-state index contributed by atoms with van der Waals surface area (Å²) in [5, 5.41) is 3.25. The van der Waals surface area contributed by atoms with E-state index >= 15 is 0 Å². The molecule has 0 radical (unpaired) electrons. The first-order valence-corrected chi connectivity index (χ1v) is 16.6. The summed E-state index contributed by atoms with van der Waals surface area (Å²) in [6, 6.07) is 9.59. The van der Waals surface area contributed by atoms with Crippen molar-refractivity contribution in [3.63, 3.8) is 0 Å². The van der Waals surface area contributed by atoms with Crippen LogP contribution in [0.3, 0.4) is 0 Å². The number of aromatic nitrogens is 1. The minimum atomic E-state index is -3.87. The predicted molar refractivity (Wildman–Crippen MR) is 169 cm³/mol. The molecule has 0 unspecified atom stereocenters. The van der Waals surface area contributed by atoms with E-state index in [1.807, 2.05) is 0 Å². The third-order valence-electron chi connectivity index (χ3n) is 7.28. The van der Waals surface area contributed by atoms with Crippen molar-refractivity contribution in [1.29, 1.82) is 0 Å². The molecule has 3 heterocycles. The monoisotopic (exact) mass is 654 g/mol. The van der Waals surface area contributed by atoms with Crippen molar-refractivity contribution in [3.05, 3.63) is 53.1 Å². The van der Waals surface area contributed by atoms with Gasteiger partial charge in [-0.05, 0) is 77.9 Å². The molecule has 3 aromatic rings. The molecule has 2 aliphatic rings. The predicted octanol–water partition coefficient (Wildman–Crippen LogP) is 4.37. The van der Waals surface area contributed by atoms with E-state index in [0.29, 0.717) is 59.5 Å². The Bertz CT molecular complexity index is 1860. The molecule has 14 heteroatoms. The van der Waals surface area contributed by atoms with Gasteiger partial charge in [0.15, 0.2) is 0 Å². The molecule has 0 spiro atoms. The number of nitrogens with one attached hydrogen (secondary N) is 1. The smallest absolute Gasteiger partial charge is 0.419 e. The molecule has 1 aromatic heterocycles. The Balaban J connectivity index is 1.52. The normalized spacial score (nSPS) is 15.4. The summed E-state index contributed by atoms with van der Waals surface area (Å²) in [4.78, 5) is 55.9. The molecule has 2 aliphatic heterocycles. The van der Waals surface area contributed by atoms with Crippen molar-refractivity contribution in [2.75, 3.05) is 32.4 Å². The summed E-state index contributed by atoms with van der Waals surface area (Å²) >= 11 is 0. The van der Waals surface area contributed by atoms with Gasteiger partial charge in [-0.15, -0.1) is 0 Å². The zero-order chi connectivity index (χ0) is 33.8. The maximum atomic E-state index is 13.6. The molecular weight excluding hydrogens is 616 g/mol. The lowest BCUT2D eigenvalue weighted by Crippen LogP contribution is -2.51. The zero-order valence-corrected chi connectivity index (χ0v) is 27.7. The Morgan fingerprint density at radius 1 is 0.826 bits per heavy atom. The lowest BCUT2D eigenvalue weighted by Gasteiger charge is -2.35. The van der Waals surface area contributed by atoms with Crippen molar-refractivity contribution >= 4 is 45.0 Å². The number of benzene rings is 2. The Labute approximate surface area is 267 Å². The number of carbonyl (C=O) groups is 4. The van der Waals surface area contributed by atoms with Crippen molar-refractivity contribution in [1.82, 2.24) is 19.7 Å². The third kappa shape index (κ3) is 6.96. The maximum absolute atomic E-state index is 13.6. The molecule has 0 aliphatic carbocycles. The molecule has 5 rings (SSSR count). The largest absolute Gasteiger partial charge is 0.444 e. The fourth-order valence-electron chi connectivity index (χ4n) is 5.43. The van der Waals surface area contributed by atoms with Gasteiger partial charge in [0, 0.05) is 54.8 Å². The van der Waals surface area contributed by atoms with E-state index in [9.17, 15) is 27.6 Å². The minimum Gasteiger partial charge on any atom is -0.444 e. The van der Waals surface area contributed by atoms with Gasteiger partial charge >= 0.3 is 22.3 Å². The summed E-state index contributed by atoms with van der Waals surface area (Å²) in [6.45, 7) is 11.9. The number of amides is 3. The molecule has 13 nitrogen and oxygen atoms in total. The topological polar surface area (TPSA) is 154 Å². The van der Waals surface area contributed by atoms with Crippen LogP contribution in [0.25, 0.3) is 22.2 Å². The summed E-state index contributed by atoms with van der Waals surface area (Å²) < 4.78 is 41.4. The average Bonchev–Trinajstić information content (AvgIpc) is 3.51. The molecule has 246 valence electrons. The fourth-order valence-corrected chi connectivity index (χ4v) is 5.91. The van der Waals surface area contributed by atoms with E-state index in [1.165, 1.54) is 16.7 Å². The van der Waals surface area contributed by atoms with Crippen LogP contribution in [0.5, 0.6) is 5.75 Å². The highest BCUT2D eigenvalue weighted by atomic mass is 32.2. The van der Waals surface area contributed by atoms with Crippen molar-refractivity contribution in [2.24, 2.45) is 0 Å². The highest BCUT2D eigenvalue weighted by Gasteiger charge is 2.32. The Morgan fingerprint density at radius 2 is 1.43 bits per heavy atom. The van der Waals surface area contributed by atoms with Gasteiger partial charge in [0.2, 0.25) is 0 Å². The van der Waals surface area contributed by atoms with Gasteiger partial charge in [-0.1, -0.05) is 0 Å². The standard InChI is InChI=1S/C32H38N4O9S/c1-31(2,3)43-29(39)35-14-12-34(13-15-35)28(38)19-8-10-23-20(16-19)17-24(36(23)30(40)44-32(4,5)6)21-9-11-25(45-46(7,41)42)22-18-33-27(37)26(21)22/h8-11,16-17H,12-15,18H2,1-7H3,(H,33,37). The van der Waals surface area contributed by atoms with Gasteiger partial charge in [0.25, 0.3) is 11.8 Å². The molecule has 0 saturated carbocycles. The van der Waals surface area contributed by atoms with Crippen LogP contribution in [0, 0.1) is 0 Å².